The maximum absolute atomic E-state index is 10.8. The van der Waals surface area contributed by atoms with Crippen LogP contribution in [0.15, 0.2) is 30.5 Å². The van der Waals surface area contributed by atoms with Crippen molar-refractivity contribution in [3.8, 4) is 0 Å². The summed E-state index contributed by atoms with van der Waals surface area (Å²) in [6.07, 6.45) is 7.17. The minimum absolute atomic E-state index is 0.376. The van der Waals surface area contributed by atoms with E-state index in [1.165, 1.54) is 12.8 Å². The SMILES string of the molecule is OC12CCCCC1CN(c1nncc3ccccc13)CC2. The van der Waals surface area contributed by atoms with Crippen molar-refractivity contribution in [2.24, 2.45) is 5.92 Å². The highest BCUT2D eigenvalue weighted by molar-refractivity contribution is 5.91. The average Bonchev–Trinajstić information content (AvgIpc) is 2.53. The van der Waals surface area contributed by atoms with E-state index >= 15 is 0 Å². The van der Waals surface area contributed by atoms with Crippen molar-refractivity contribution in [3.63, 3.8) is 0 Å². The van der Waals surface area contributed by atoms with E-state index < -0.39 is 5.60 Å². The molecule has 0 bridgehead atoms. The molecule has 2 aromatic rings. The van der Waals surface area contributed by atoms with Crippen LogP contribution in [0.3, 0.4) is 0 Å². The smallest absolute Gasteiger partial charge is 0.159 e. The fourth-order valence-electron chi connectivity index (χ4n) is 4.01. The first kappa shape index (κ1) is 13.0. The van der Waals surface area contributed by atoms with E-state index in [1.54, 1.807) is 0 Å². The lowest BCUT2D eigenvalue weighted by Crippen LogP contribution is -2.53. The second-order valence-corrected chi connectivity index (χ2v) is 6.50. The van der Waals surface area contributed by atoms with Crippen LogP contribution in [0.25, 0.3) is 10.8 Å². The molecule has 21 heavy (non-hydrogen) atoms. The van der Waals surface area contributed by atoms with Gasteiger partial charge in [0.25, 0.3) is 0 Å². The Labute approximate surface area is 124 Å². The molecule has 4 rings (SSSR count). The Balaban J connectivity index is 1.67. The number of aromatic nitrogens is 2. The maximum atomic E-state index is 10.8. The van der Waals surface area contributed by atoms with Gasteiger partial charge in [0.1, 0.15) is 0 Å². The minimum Gasteiger partial charge on any atom is -0.389 e. The molecule has 4 nitrogen and oxygen atoms in total. The fourth-order valence-corrected chi connectivity index (χ4v) is 4.01. The summed E-state index contributed by atoms with van der Waals surface area (Å²) in [7, 11) is 0. The summed E-state index contributed by atoms with van der Waals surface area (Å²) < 4.78 is 0. The van der Waals surface area contributed by atoms with Crippen molar-refractivity contribution in [1.29, 1.82) is 0 Å². The van der Waals surface area contributed by atoms with Crippen LogP contribution in [0.2, 0.25) is 0 Å². The van der Waals surface area contributed by atoms with Crippen molar-refractivity contribution in [2.75, 3.05) is 18.0 Å². The van der Waals surface area contributed by atoms with Crippen LogP contribution in [-0.2, 0) is 0 Å². The van der Waals surface area contributed by atoms with Gasteiger partial charge in [-0.2, -0.15) is 5.10 Å². The molecule has 1 aromatic carbocycles. The summed E-state index contributed by atoms with van der Waals surface area (Å²) in [5, 5.41) is 21.6. The van der Waals surface area contributed by atoms with Gasteiger partial charge in [0.15, 0.2) is 5.82 Å². The third-order valence-electron chi connectivity index (χ3n) is 5.28. The largest absolute Gasteiger partial charge is 0.389 e. The predicted octanol–water partition coefficient (Wildman–Crippen LogP) is 2.76. The molecule has 0 amide bonds. The molecule has 1 saturated carbocycles. The van der Waals surface area contributed by atoms with Crippen LogP contribution in [0, 0.1) is 5.92 Å². The zero-order valence-corrected chi connectivity index (χ0v) is 12.2. The summed E-state index contributed by atoms with van der Waals surface area (Å²) in [5.74, 6) is 1.35. The summed E-state index contributed by atoms with van der Waals surface area (Å²) in [5.41, 5.74) is -0.438. The molecule has 2 atom stereocenters. The standard InChI is InChI=1S/C17H21N3O/c21-17-8-4-3-6-14(17)12-20(10-9-17)16-15-7-2-1-5-13(15)11-18-19-16/h1-2,5,7,11,14,21H,3-4,6,8-10,12H2. The van der Waals surface area contributed by atoms with Crippen LogP contribution in [0.5, 0.6) is 0 Å². The lowest BCUT2D eigenvalue weighted by atomic mass is 9.71. The molecule has 1 aromatic heterocycles. The number of anilines is 1. The number of piperidine rings is 1. The molecule has 0 spiro atoms. The number of aliphatic hydroxyl groups is 1. The molecule has 1 aliphatic carbocycles. The van der Waals surface area contributed by atoms with Crippen molar-refractivity contribution in [1.82, 2.24) is 10.2 Å². The first-order valence-electron chi connectivity index (χ1n) is 7.94. The molecule has 1 aliphatic heterocycles. The summed E-state index contributed by atoms with van der Waals surface area (Å²) in [4.78, 5) is 2.32. The van der Waals surface area contributed by atoms with E-state index in [4.69, 9.17) is 0 Å². The van der Waals surface area contributed by atoms with Gasteiger partial charge in [-0.05, 0) is 19.3 Å². The Morgan fingerprint density at radius 2 is 2.10 bits per heavy atom. The average molecular weight is 283 g/mol. The number of rotatable bonds is 1. The van der Waals surface area contributed by atoms with E-state index in [-0.39, 0.29) is 0 Å². The van der Waals surface area contributed by atoms with Crippen LogP contribution in [0.1, 0.15) is 32.1 Å². The third kappa shape index (κ3) is 2.18. The highest BCUT2D eigenvalue weighted by Crippen LogP contribution is 2.41. The van der Waals surface area contributed by atoms with Gasteiger partial charge in [0, 0.05) is 29.8 Å². The Bertz CT molecular complexity index is 654. The first-order valence-corrected chi connectivity index (χ1v) is 7.94. The molecule has 4 heteroatoms. The van der Waals surface area contributed by atoms with Crippen molar-refractivity contribution in [3.05, 3.63) is 30.5 Å². The molecule has 1 N–H and O–H groups in total. The van der Waals surface area contributed by atoms with Gasteiger partial charge in [0.2, 0.25) is 0 Å². The van der Waals surface area contributed by atoms with Gasteiger partial charge >= 0.3 is 0 Å². The Morgan fingerprint density at radius 1 is 1.19 bits per heavy atom. The lowest BCUT2D eigenvalue weighted by Gasteiger charge is -2.47. The Kier molecular flexibility index (Phi) is 3.07. The summed E-state index contributed by atoms with van der Waals surface area (Å²) >= 11 is 0. The second-order valence-electron chi connectivity index (χ2n) is 6.50. The summed E-state index contributed by atoms with van der Waals surface area (Å²) in [6.45, 7) is 1.77. The van der Waals surface area contributed by atoms with E-state index in [0.717, 1.165) is 48.9 Å². The van der Waals surface area contributed by atoms with Crippen LogP contribution >= 0.6 is 0 Å². The Hall–Kier alpha value is -1.68. The molecular formula is C17H21N3O. The second kappa shape index (κ2) is 4.95. The topological polar surface area (TPSA) is 49.2 Å². The van der Waals surface area contributed by atoms with Crippen LogP contribution in [0.4, 0.5) is 5.82 Å². The van der Waals surface area contributed by atoms with E-state index in [0.29, 0.717) is 5.92 Å². The molecule has 2 fully saturated rings. The van der Waals surface area contributed by atoms with Gasteiger partial charge in [-0.25, -0.2) is 0 Å². The van der Waals surface area contributed by atoms with Crippen LogP contribution < -0.4 is 4.90 Å². The normalized spacial score (nSPS) is 29.4. The fraction of sp³-hybridized carbons (Fsp3) is 0.529. The third-order valence-corrected chi connectivity index (χ3v) is 5.28. The van der Waals surface area contributed by atoms with Crippen molar-refractivity contribution in [2.45, 2.75) is 37.7 Å². The monoisotopic (exact) mass is 283 g/mol. The van der Waals surface area contributed by atoms with E-state index in [2.05, 4.69) is 33.3 Å². The molecule has 110 valence electrons. The number of nitrogens with zero attached hydrogens (tertiary/aromatic N) is 3. The molecular weight excluding hydrogens is 262 g/mol. The molecule has 1 saturated heterocycles. The number of fused-ring (bicyclic) bond motifs is 2. The van der Waals surface area contributed by atoms with Crippen molar-refractivity contribution < 1.29 is 5.11 Å². The van der Waals surface area contributed by atoms with Gasteiger partial charge in [-0.15, -0.1) is 5.10 Å². The highest BCUT2D eigenvalue weighted by atomic mass is 16.3. The van der Waals surface area contributed by atoms with Crippen LogP contribution in [-0.4, -0.2) is 34.0 Å². The van der Waals surface area contributed by atoms with Gasteiger partial charge < -0.3 is 10.0 Å². The lowest BCUT2D eigenvalue weighted by molar-refractivity contribution is -0.0613. The number of hydrogen-bond donors (Lipinski definition) is 1. The summed E-state index contributed by atoms with van der Waals surface area (Å²) in [6, 6.07) is 8.27. The minimum atomic E-state index is -0.438. The predicted molar refractivity (Wildman–Crippen MR) is 83.3 cm³/mol. The van der Waals surface area contributed by atoms with E-state index in [1.807, 2.05) is 12.3 Å². The first-order chi connectivity index (χ1) is 10.3. The van der Waals surface area contributed by atoms with Gasteiger partial charge in [-0.1, -0.05) is 37.1 Å². The van der Waals surface area contributed by atoms with Gasteiger partial charge in [0.05, 0.1) is 11.8 Å². The maximum Gasteiger partial charge on any atom is 0.159 e. The van der Waals surface area contributed by atoms with Crippen molar-refractivity contribution >= 4 is 16.6 Å². The highest BCUT2D eigenvalue weighted by Gasteiger charge is 2.43. The number of benzene rings is 1. The number of hydrogen-bond acceptors (Lipinski definition) is 4. The van der Waals surface area contributed by atoms with Gasteiger partial charge in [-0.3, -0.25) is 0 Å². The quantitative estimate of drug-likeness (QED) is 0.874. The van der Waals surface area contributed by atoms with E-state index in [9.17, 15) is 5.11 Å². The Morgan fingerprint density at radius 3 is 3.05 bits per heavy atom. The zero-order valence-electron chi connectivity index (χ0n) is 12.2. The molecule has 2 heterocycles. The molecule has 2 aliphatic rings. The molecule has 0 radical (unpaired) electrons. The molecule has 2 unspecified atom stereocenters. The zero-order chi connectivity index (χ0) is 14.3.